The average molecular weight is 601 g/mol. The second-order valence-corrected chi connectivity index (χ2v) is 10.9. The minimum absolute atomic E-state index is 0. The summed E-state index contributed by atoms with van der Waals surface area (Å²) in [7, 11) is 0.800. The van der Waals surface area contributed by atoms with E-state index < -0.39 is 10.0 Å². The van der Waals surface area contributed by atoms with Crippen molar-refractivity contribution in [3.05, 3.63) is 77.0 Å². The van der Waals surface area contributed by atoms with Gasteiger partial charge in [-0.15, -0.1) is 0 Å². The summed E-state index contributed by atoms with van der Waals surface area (Å²) < 4.78 is 41.8. The molecule has 0 aliphatic carbocycles. The van der Waals surface area contributed by atoms with E-state index in [2.05, 4.69) is 24.9 Å². The molecule has 0 atom stereocenters. The predicted molar refractivity (Wildman–Crippen MR) is 152 cm³/mol. The number of fused-ring (bicyclic) bond motifs is 1. The molecule has 0 radical (unpaired) electrons. The van der Waals surface area contributed by atoms with Crippen LogP contribution < -0.4 is 66.2 Å². The number of carbonyl (C=O) groups is 1. The van der Waals surface area contributed by atoms with Crippen molar-refractivity contribution in [1.82, 2.24) is 19.8 Å². The summed E-state index contributed by atoms with van der Waals surface area (Å²) >= 11 is 0. The van der Waals surface area contributed by atoms with E-state index in [0.717, 1.165) is 13.1 Å². The van der Waals surface area contributed by atoms with Crippen LogP contribution in [0.4, 0.5) is 17.3 Å². The van der Waals surface area contributed by atoms with Gasteiger partial charge in [0.2, 0.25) is 10.0 Å². The number of para-hydroxylation sites is 2. The first-order chi connectivity index (χ1) is 19.3. The number of hydrogen-bond acceptors (Lipinski definition) is 9. The van der Waals surface area contributed by atoms with Gasteiger partial charge in [0.25, 0.3) is 5.91 Å². The van der Waals surface area contributed by atoms with Crippen molar-refractivity contribution in [3.63, 3.8) is 0 Å². The monoisotopic (exact) mass is 600 g/mol. The van der Waals surface area contributed by atoms with Crippen molar-refractivity contribution < 1.29 is 74.1 Å². The summed E-state index contributed by atoms with van der Waals surface area (Å²) in [6.45, 7) is 2.67. The number of benzene rings is 3. The van der Waals surface area contributed by atoms with Crippen LogP contribution in [0.2, 0.25) is 0 Å². The third-order valence-electron chi connectivity index (χ3n) is 6.54. The molecule has 5 rings (SSSR count). The van der Waals surface area contributed by atoms with Crippen molar-refractivity contribution in [2.45, 2.75) is 4.90 Å². The zero-order valence-corrected chi connectivity index (χ0v) is 27.3. The number of nitrogens with zero attached hydrogens (tertiary/aromatic N) is 5. The molecule has 1 aromatic heterocycles. The minimum Gasteiger partial charge on any atom is -0.497 e. The van der Waals surface area contributed by atoms with Gasteiger partial charge in [-0.2, -0.15) is 0 Å². The molecule has 4 aromatic rings. The summed E-state index contributed by atoms with van der Waals surface area (Å²) in [5.41, 5.74) is 1.85. The number of anilines is 2. The minimum atomic E-state index is -4.26. The molecular weight excluding hydrogens is 572 g/mol. The van der Waals surface area contributed by atoms with Crippen LogP contribution in [0.25, 0.3) is 15.8 Å². The number of likely N-dealkylation sites (N-methyl/N-ethyl adjacent to an activating group) is 1. The van der Waals surface area contributed by atoms with Gasteiger partial charge < -0.3 is 34.3 Å². The molecule has 2 heterocycles. The molecule has 1 N–H and O–H groups in total. The van der Waals surface area contributed by atoms with Crippen LogP contribution in [-0.2, 0) is 10.0 Å². The fourth-order valence-corrected chi connectivity index (χ4v) is 5.29. The largest absolute Gasteiger partial charge is 1.00 e. The van der Waals surface area contributed by atoms with Crippen molar-refractivity contribution in [1.29, 1.82) is 0 Å². The molecule has 3 aromatic carbocycles. The average Bonchev–Trinajstić information content (AvgIpc) is 2.97. The molecule has 0 spiro atoms. The molecule has 1 fully saturated rings. The van der Waals surface area contributed by atoms with Gasteiger partial charge >= 0.3 is 51.4 Å². The van der Waals surface area contributed by atoms with Crippen molar-refractivity contribution in [2.75, 3.05) is 52.8 Å². The molecule has 1 aliphatic heterocycles. The first-order valence-corrected chi connectivity index (χ1v) is 14.0. The summed E-state index contributed by atoms with van der Waals surface area (Å²) in [4.78, 5) is 25.9. The Morgan fingerprint density at radius 3 is 2.15 bits per heavy atom. The zero-order valence-electron chi connectivity index (χ0n) is 23.4. The van der Waals surface area contributed by atoms with Crippen LogP contribution in [0.5, 0.6) is 11.5 Å². The SMILES string of the molecule is COc1cc(Nc2nc3ccccc3nc2[N-]S(=O)(=O)c2cccc(C(=O)N3CCN(C)CC3)c2)cc(OC)c1.[K+]. The Morgan fingerprint density at radius 1 is 0.878 bits per heavy atom. The van der Waals surface area contributed by atoms with Crippen molar-refractivity contribution in [3.8, 4) is 11.5 Å². The van der Waals surface area contributed by atoms with E-state index in [0.29, 0.717) is 41.3 Å². The van der Waals surface area contributed by atoms with E-state index in [4.69, 9.17) is 9.47 Å². The summed E-state index contributed by atoms with van der Waals surface area (Å²) in [5, 5.41) is 3.11. The maximum Gasteiger partial charge on any atom is 1.00 e. The van der Waals surface area contributed by atoms with Crippen LogP contribution in [0.3, 0.4) is 0 Å². The van der Waals surface area contributed by atoms with Gasteiger partial charge in [0.05, 0.1) is 24.6 Å². The number of sulfonamides is 1. The van der Waals surface area contributed by atoms with E-state index in [-0.39, 0.29) is 79.4 Å². The standard InChI is InChI=1S/C28H29N6O5S.K/c1-33-11-13-34(14-12-33)28(35)19-7-6-8-23(15-19)40(36,37)32-27-26(30-24-9-4-5-10-25(24)31-27)29-20-16-21(38-2)18-22(17-20)39-3;/h4-10,15-18H,11-14H2,1-3H3,(H-,29,30,31,32);/q-1;+1. The molecular formula is C28H29KN6O5S. The molecule has 0 unspecified atom stereocenters. The Labute approximate surface area is 281 Å². The first kappa shape index (κ1) is 31.2. The Bertz CT molecular complexity index is 1640. The number of hydrogen-bond donors (Lipinski definition) is 1. The Balaban J connectivity index is 0.00000387. The number of amides is 1. The quantitative estimate of drug-likeness (QED) is 0.297. The third kappa shape index (κ3) is 7.36. The van der Waals surface area contributed by atoms with E-state index in [1.807, 2.05) is 13.1 Å². The third-order valence-corrected chi connectivity index (χ3v) is 7.81. The summed E-state index contributed by atoms with van der Waals surface area (Å²) in [5.74, 6) is 0.843. The van der Waals surface area contributed by atoms with E-state index in [1.165, 1.54) is 26.4 Å². The van der Waals surface area contributed by atoms with Gasteiger partial charge in [0.15, 0.2) is 0 Å². The molecule has 1 saturated heterocycles. The topological polar surface area (TPSA) is 128 Å². The fourth-order valence-electron chi connectivity index (χ4n) is 4.30. The Kier molecular flexibility index (Phi) is 10.2. The Hall–Kier alpha value is -2.78. The molecule has 11 nitrogen and oxygen atoms in total. The van der Waals surface area contributed by atoms with E-state index in [9.17, 15) is 13.2 Å². The number of aromatic nitrogens is 2. The first-order valence-electron chi connectivity index (χ1n) is 12.6. The smallest absolute Gasteiger partial charge is 0.497 e. The van der Waals surface area contributed by atoms with E-state index >= 15 is 0 Å². The van der Waals surface area contributed by atoms with Gasteiger partial charge in [-0.1, -0.05) is 24.3 Å². The number of carbonyl (C=O) groups excluding carboxylic acids is 1. The maximum absolute atomic E-state index is 13.5. The van der Waals surface area contributed by atoms with Crippen LogP contribution >= 0.6 is 0 Å². The van der Waals surface area contributed by atoms with Crippen LogP contribution in [-0.4, -0.2) is 81.5 Å². The van der Waals surface area contributed by atoms with E-state index in [1.54, 1.807) is 53.4 Å². The number of rotatable bonds is 8. The number of ether oxygens (including phenoxy) is 2. The predicted octanol–water partition coefficient (Wildman–Crippen LogP) is 1.18. The maximum atomic E-state index is 13.5. The van der Waals surface area contributed by atoms with Crippen LogP contribution in [0, 0.1) is 0 Å². The summed E-state index contributed by atoms with van der Waals surface area (Å²) in [6.07, 6.45) is 0. The Morgan fingerprint density at radius 2 is 1.51 bits per heavy atom. The molecule has 1 amide bonds. The van der Waals surface area contributed by atoms with Gasteiger partial charge in [-0.25, -0.2) is 13.4 Å². The van der Waals surface area contributed by atoms with Gasteiger partial charge in [-0.05, 0) is 42.6 Å². The number of methoxy groups -OCH3 is 2. The molecule has 13 heteroatoms. The molecule has 1 aliphatic rings. The van der Waals surface area contributed by atoms with Gasteiger partial charge in [0.1, 0.15) is 17.3 Å². The van der Waals surface area contributed by atoms with Gasteiger partial charge in [-0.3, -0.25) is 4.79 Å². The molecule has 0 bridgehead atoms. The number of nitrogens with one attached hydrogen (secondary N) is 1. The molecule has 41 heavy (non-hydrogen) atoms. The van der Waals surface area contributed by atoms with Crippen molar-refractivity contribution >= 4 is 44.3 Å². The van der Waals surface area contributed by atoms with Crippen molar-refractivity contribution in [2.24, 2.45) is 0 Å². The summed E-state index contributed by atoms with van der Waals surface area (Å²) in [6, 6.07) is 18.1. The molecule has 0 saturated carbocycles. The molecule has 208 valence electrons. The van der Waals surface area contributed by atoms with Crippen LogP contribution in [0.15, 0.2) is 71.6 Å². The number of piperazine rings is 1. The second-order valence-electron chi connectivity index (χ2n) is 9.30. The zero-order chi connectivity index (χ0) is 28.3. The van der Waals surface area contributed by atoms with Gasteiger partial charge in [0, 0.05) is 55.6 Å². The fraction of sp³-hybridized carbons (Fsp3) is 0.250. The van der Waals surface area contributed by atoms with Crippen LogP contribution in [0.1, 0.15) is 10.4 Å². The normalized spacial score (nSPS) is 13.8. The second kappa shape index (κ2) is 13.5.